The lowest BCUT2D eigenvalue weighted by atomic mass is 10.5. The summed E-state index contributed by atoms with van der Waals surface area (Å²) >= 11 is 0. The molecule has 0 fully saturated rings. The van der Waals surface area contributed by atoms with Crippen molar-refractivity contribution in [3.8, 4) is 0 Å². The molecule has 2 aliphatic heterocycles. The van der Waals surface area contributed by atoms with E-state index in [1.165, 1.54) is 6.21 Å². The maximum atomic E-state index is 5.72. The molecule has 2 aliphatic rings. The highest BCUT2D eigenvalue weighted by molar-refractivity contribution is 6.29. The highest BCUT2D eigenvalue weighted by Gasteiger charge is 2.35. The van der Waals surface area contributed by atoms with Gasteiger partial charge in [0.1, 0.15) is 6.21 Å². The second kappa shape index (κ2) is 1.74. The van der Waals surface area contributed by atoms with E-state index >= 15 is 0 Å². The van der Waals surface area contributed by atoms with E-state index in [-0.39, 0.29) is 10.7 Å². The molecular weight excluding hydrogens is 144 g/mol. The highest BCUT2D eigenvalue weighted by Crippen LogP contribution is 2.12. The first-order valence-corrected chi connectivity index (χ1v) is 3.04. The van der Waals surface area contributed by atoms with Crippen molar-refractivity contribution in [2.45, 2.75) is 0 Å². The predicted molar refractivity (Wildman–Crippen MR) is 41.1 cm³/mol. The Morgan fingerprint density at radius 1 is 1.45 bits per heavy atom. The van der Waals surface area contributed by atoms with Crippen LogP contribution in [0.25, 0.3) is 0 Å². The molecule has 0 aromatic rings. The molecule has 2 heterocycles. The number of rotatable bonds is 0. The highest BCUT2D eigenvalue weighted by atomic mass is 15.8. The lowest BCUT2D eigenvalue weighted by Gasteiger charge is -2.15. The second-order valence-corrected chi connectivity index (χ2v) is 2.24. The van der Waals surface area contributed by atoms with Crippen LogP contribution in [0.1, 0.15) is 0 Å². The fraction of sp³-hybridized carbons (Fsp3) is 0. The molecule has 0 aliphatic carbocycles. The van der Waals surface area contributed by atoms with E-state index in [0.717, 1.165) is 0 Å². The van der Waals surface area contributed by atoms with E-state index in [1.54, 1.807) is 12.4 Å². The first-order chi connectivity index (χ1) is 5.21. The van der Waals surface area contributed by atoms with Gasteiger partial charge in [-0.05, 0) is 9.80 Å². The summed E-state index contributed by atoms with van der Waals surface area (Å²) in [6, 6.07) is 0. The number of guanidine groups is 1. The molecule has 6 nitrogen and oxygen atoms in total. The summed E-state index contributed by atoms with van der Waals surface area (Å²) < 4.78 is -0.213. The van der Waals surface area contributed by atoms with Gasteiger partial charge in [-0.2, -0.15) is 0 Å². The topological polar surface area (TPSA) is 89.1 Å². The molecule has 2 rings (SSSR count). The van der Waals surface area contributed by atoms with Crippen LogP contribution in [-0.2, 0) is 0 Å². The van der Waals surface area contributed by atoms with Crippen molar-refractivity contribution in [3.63, 3.8) is 0 Å². The largest absolute Gasteiger partial charge is 0.363 e. The Labute approximate surface area is 62.8 Å². The second-order valence-electron chi connectivity index (χ2n) is 2.24. The van der Waals surface area contributed by atoms with E-state index in [2.05, 4.69) is 15.1 Å². The molecule has 6 heteroatoms. The van der Waals surface area contributed by atoms with Crippen molar-refractivity contribution in [2.24, 2.45) is 26.7 Å². The minimum atomic E-state index is -0.213. The van der Waals surface area contributed by atoms with Crippen LogP contribution in [0.3, 0.4) is 0 Å². The van der Waals surface area contributed by atoms with Gasteiger partial charge in [0.15, 0.2) is 6.20 Å². The van der Waals surface area contributed by atoms with E-state index in [0.29, 0.717) is 5.84 Å². The van der Waals surface area contributed by atoms with Crippen molar-refractivity contribution in [1.82, 2.24) is 0 Å². The summed E-state index contributed by atoms with van der Waals surface area (Å²) in [6.45, 7) is 0. The Hall–Kier alpha value is -1.53. The third-order valence-corrected chi connectivity index (χ3v) is 1.43. The summed E-state index contributed by atoms with van der Waals surface area (Å²) in [7, 11) is 0. The molecule has 0 spiro atoms. The number of hydrogen-bond donors (Lipinski definition) is 2. The fourth-order valence-corrected chi connectivity index (χ4v) is 0.921. The van der Waals surface area contributed by atoms with Crippen LogP contribution >= 0.6 is 0 Å². The Morgan fingerprint density at radius 2 is 2.27 bits per heavy atom. The fourth-order valence-electron chi connectivity index (χ4n) is 0.921. The number of aliphatic imine (C=N–C) groups is 2. The number of fused-ring (bicyclic) bond motifs is 1. The van der Waals surface area contributed by atoms with Crippen LogP contribution < -0.4 is 11.6 Å². The van der Waals surface area contributed by atoms with Gasteiger partial charge in [-0.1, -0.05) is 0 Å². The van der Waals surface area contributed by atoms with Crippen LogP contribution in [-0.4, -0.2) is 22.7 Å². The summed E-state index contributed by atoms with van der Waals surface area (Å²) in [5, 5.41) is 3.87. The molecule has 1 unspecified atom stereocenters. The van der Waals surface area contributed by atoms with Crippen molar-refractivity contribution in [2.75, 3.05) is 0 Å². The normalized spacial score (nSPS) is 33.2. The van der Waals surface area contributed by atoms with Crippen molar-refractivity contribution in [1.29, 1.82) is 0 Å². The zero-order valence-corrected chi connectivity index (χ0v) is 5.68. The molecule has 0 aromatic carbocycles. The summed E-state index contributed by atoms with van der Waals surface area (Å²) in [5.74, 6) is 6.43. The standard InChI is InChI=1S/C5H7N6/c6-5-9-4-3-8-1-2-11(4,7)10-5/h1-3H,7H2,(H2,6,10)/q+1. The van der Waals surface area contributed by atoms with Crippen molar-refractivity contribution < 1.29 is 4.70 Å². The monoisotopic (exact) mass is 151 g/mol. The van der Waals surface area contributed by atoms with Gasteiger partial charge < -0.3 is 5.73 Å². The van der Waals surface area contributed by atoms with Gasteiger partial charge in [0.05, 0.1) is 6.20 Å². The Morgan fingerprint density at radius 3 is 3.00 bits per heavy atom. The first-order valence-electron chi connectivity index (χ1n) is 3.04. The van der Waals surface area contributed by atoms with E-state index in [9.17, 15) is 0 Å². The summed E-state index contributed by atoms with van der Waals surface area (Å²) in [5.41, 5.74) is 5.35. The van der Waals surface area contributed by atoms with E-state index in [1.807, 2.05) is 0 Å². The lowest BCUT2D eigenvalue weighted by molar-refractivity contribution is -0.803. The van der Waals surface area contributed by atoms with Gasteiger partial charge in [-0.15, -0.1) is 10.8 Å². The Bertz CT molecular complexity index is 311. The SMILES string of the molecule is NC1=N[N+]2(N)C=CN=CC2=N1. The molecule has 0 bridgehead atoms. The number of quaternary nitrogens is 1. The third kappa shape index (κ3) is 0.769. The Kier molecular flexibility index (Phi) is 0.982. The molecule has 4 N–H and O–H groups in total. The minimum absolute atomic E-state index is 0.181. The van der Waals surface area contributed by atoms with Crippen LogP contribution in [0.4, 0.5) is 0 Å². The molecule has 0 amide bonds. The molecular formula is C5H7N6+. The van der Waals surface area contributed by atoms with Gasteiger partial charge in [0.2, 0.25) is 0 Å². The van der Waals surface area contributed by atoms with E-state index in [4.69, 9.17) is 11.6 Å². The number of nitrogens with zero attached hydrogens (tertiary/aromatic N) is 4. The number of nitrogens with two attached hydrogens (primary N) is 2. The molecule has 0 saturated carbocycles. The average molecular weight is 151 g/mol. The van der Waals surface area contributed by atoms with Gasteiger partial charge in [0, 0.05) is 0 Å². The zero-order chi connectivity index (χ0) is 7.90. The van der Waals surface area contributed by atoms with Gasteiger partial charge in [-0.3, -0.25) is 4.99 Å². The molecule has 1 atom stereocenters. The third-order valence-electron chi connectivity index (χ3n) is 1.43. The first kappa shape index (κ1) is 6.20. The quantitative estimate of drug-likeness (QED) is 0.339. The maximum absolute atomic E-state index is 5.72. The van der Waals surface area contributed by atoms with Crippen molar-refractivity contribution in [3.05, 3.63) is 12.4 Å². The van der Waals surface area contributed by atoms with Crippen molar-refractivity contribution >= 4 is 18.0 Å². The number of amidine groups is 1. The molecule has 0 aromatic heterocycles. The van der Waals surface area contributed by atoms with Crippen LogP contribution in [0.5, 0.6) is 0 Å². The zero-order valence-electron chi connectivity index (χ0n) is 5.68. The van der Waals surface area contributed by atoms with Crippen LogP contribution in [0.2, 0.25) is 0 Å². The summed E-state index contributed by atoms with van der Waals surface area (Å²) in [6.07, 6.45) is 4.68. The number of hydrogen-bond acceptors (Lipinski definition) is 5. The van der Waals surface area contributed by atoms with Gasteiger partial charge >= 0.3 is 5.84 Å². The molecule has 11 heavy (non-hydrogen) atoms. The molecule has 0 saturated heterocycles. The van der Waals surface area contributed by atoms with E-state index < -0.39 is 0 Å². The predicted octanol–water partition coefficient (Wildman–Crippen LogP) is -1.13. The molecule has 56 valence electrons. The summed E-state index contributed by atoms with van der Waals surface area (Å²) in [4.78, 5) is 7.71. The minimum Gasteiger partial charge on any atom is -0.363 e. The smallest absolute Gasteiger partial charge is 0.301 e. The van der Waals surface area contributed by atoms with Crippen LogP contribution in [0, 0.1) is 0 Å². The average Bonchev–Trinajstić information content (AvgIpc) is 2.22. The van der Waals surface area contributed by atoms with Gasteiger partial charge in [0.25, 0.3) is 5.96 Å². The molecule has 0 radical (unpaired) electrons. The van der Waals surface area contributed by atoms with Crippen LogP contribution in [0.15, 0.2) is 27.5 Å². The lowest BCUT2D eigenvalue weighted by Crippen LogP contribution is -2.49. The van der Waals surface area contributed by atoms with Gasteiger partial charge in [-0.25, -0.2) is 0 Å². The maximum Gasteiger partial charge on any atom is 0.301 e. The Balaban J connectivity index is 2.52.